The van der Waals surface area contributed by atoms with E-state index in [4.69, 9.17) is 9.97 Å². The van der Waals surface area contributed by atoms with E-state index in [1.165, 1.54) is 0 Å². The summed E-state index contributed by atoms with van der Waals surface area (Å²) in [7, 11) is 0. The molecule has 55 heavy (non-hydrogen) atoms. The molecule has 8 nitrogen and oxygen atoms in total. The number of hydrogen-bond donors (Lipinski definition) is 2. The number of nitrogens with zero attached hydrogens (tertiary/aromatic N) is 4. The van der Waals surface area contributed by atoms with Gasteiger partial charge in [-0.1, -0.05) is 96.8 Å². The number of amides is 2. The van der Waals surface area contributed by atoms with Crippen LogP contribution in [0.3, 0.4) is 0 Å². The highest BCUT2D eigenvalue weighted by atomic mass is 16.2. The van der Waals surface area contributed by atoms with E-state index in [1.807, 2.05) is 147 Å². The van der Waals surface area contributed by atoms with Crippen molar-refractivity contribution in [2.45, 2.75) is 69.9 Å². The minimum Gasteiger partial charge on any atom is -0.340 e. The summed E-state index contributed by atoms with van der Waals surface area (Å²) in [4.78, 5) is 48.3. The van der Waals surface area contributed by atoms with Crippen LogP contribution in [-0.4, -0.2) is 54.6 Å². The van der Waals surface area contributed by atoms with Gasteiger partial charge in [0.2, 0.25) is 11.8 Å². The maximum absolute atomic E-state index is 14.0. The van der Waals surface area contributed by atoms with Gasteiger partial charge in [-0.15, -0.1) is 0 Å². The molecule has 2 N–H and O–H groups in total. The molecule has 4 aromatic carbocycles. The van der Waals surface area contributed by atoms with E-state index in [-0.39, 0.29) is 23.9 Å². The molecule has 0 spiro atoms. The van der Waals surface area contributed by atoms with E-state index in [2.05, 4.69) is 28.4 Å². The fourth-order valence-corrected chi connectivity index (χ4v) is 8.02. The van der Waals surface area contributed by atoms with E-state index in [1.54, 1.807) is 0 Å². The van der Waals surface area contributed by atoms with Crippen molar-refractivity contribution < 1.29 is 9.59 Å². The summed E-state index contributed by atoms with van der Waals surface area (Å²) in [6.45, 7) is 13.4. The van der Waals surface area contributed by atoms with Crippen LogP contribution in [0.25, 0.3) is 22.3 Å². The second-order valence-electron chi connectivity index (χ2n) is 15.9. The van der Waals surface area contributed by atoms with Gasteiger partial charge in [0.1, 0.15) is 11.6 Å². The molecule has 0 saturated carbocycles. The molecule has 2 aliphatic heterocycles. The summed E-state index contributed by atoms with van der Waals surface area (Å²) in [6, 6.07) is 33.7. The highest BCUT2D eigenvalue weighted by Crippen LogP contribution is 2.39. The predicted molar refractivity (Wildman–Crippen MR) is 217 cm³/mol. The Kier molecular flexibility index (Phi) is 9.26. The van der Waals surface area contributed by atoms with Crippen molar-refractivity contribution in [3.63, 3.8) is 0 Å². The smallest absolute Gasteiger partial charge is 0.233 e. The molecule has 6 aromatic rings. The quantitative estimate of drug-likeness (QED) is 0.127. The van der Waals surface area contributed by atoms with Gasteiger partial charge >= 0.3 is 0 Å². The highest BCUT2D eigenvalue weighted by molar-refractivity contribution is 5.89. The molecule has 2 atom stereocenters. The number of likely N-dealkylation sites (tertiary alicyclic amines) is 2. The summed E-state index contributed by atoms with van der Waals surface area (Å²) in [6.07, 6.45) is 4.35. The van der Waals surface area contributed by atoms with Crippen molar-refractivity contribution in [1.82, 2.24) is 29.7 Å². The van der Waals surface area contributed by atoms with Crippen molar-refractivity contribution in [3.05, 3.63) is 155 Å². The molecule has 4 heterocycles. The lowest BCUT2D eigenvalue weighted by molar-refractivity contribution is -0.138. The second kappa shape index (κ2) is 14.2. The number of H-pyrrole nitrogens is 2. The van der Waals surface area contributed by atoms with Gasteiger partial charge in [-0.3, -0.25) is 9.59 Å². The van der Waals surface area contributed by atoms with E-state index in [0.717, 1.165) is 81.2 Å². The van der Waals surface area contributed by atoms with Gasteiger partial charge < -0.3 is 19.8 Å². The first kappa shape index (κ1) is 35.8. The van der Waals surface area contributed by atoms with Crippen LogP contribution in [0.2, 0.25) is 0 Å². The summed E-state index contributed by atoms with van der Waals surface area (Å²) < 4.78 is 0. The number of nitrogens with one attached hydrogen (secondary N) is 2. The third-order valence-electron chi connectivity index (χ3n) is 11.4. The Hall–Kier alpha value is -6.20. The van der Waals surface area contributed by atoms with Crippen molar-refractivity contribution >= 4 is 22.8 Å². The van der Waals surface area contributed by atoms with Gasteiger partial charge in [0.05, 0.1) is 45.8 Å². The van der Waals surface area contributed by atoms with Crippen molar-refractivity contribution in [1.29, 1.82) is 0 Å². The second-order valence-corrected chi connectivity index (χ2v) is 15.9. The Morgan fingerprint density at radius 2 is 1.36 bits per heavy atom. The molecule has 2 saturated heterocycles. The van der Waals surface area contributed by atoms with Crippen LogP contribution >= 0.6 is 0 Å². The van der Waals surface area contributed by atoms with Crippen molar-refractivity contribution in [2.75, 3.05) is 13.1 Å². The van der Waals surface area contributed by atoms with Crippen LogP contribution < -0.4 is 0 Å². The summed E-state index contributed by atoms with van der Waals surface area (Å²) in [5.74, 6) is 8.37. The van der Waals surface area contributed by atoms with Crippen molar-refractivity contribution in [3.8, 4) is 23.1 Å². The predicted octanol–water partition coefficient (Wildman–Crippen LogP) is 8.80. The van der Waals surface area contributed by atoms with Gasteiger partial charge in [0, 0.05) is 24.2 Å². The Balaban J connectivity index is 0.953. The fourth-order valence-electron chi connectivity index (χ4n) is 8.02. The monoisotopic (exact) mass is 726 g/mol. The molecular weight excluding hydrogens is 681 g/mol. The normalized spacial score (nSPS) is 17.4. The molecule has 0 unspecified atom stereocenters. The molecule has 276 valence electrons. The minimum absolute atomic E-state index is 0.0592. The molecule has 8 rings (SSSR count). The first-order chi connectivity index (χ1) is 26.5. The van der Waals surface area contributed by atoms with Crippen LogP contribution in [-0.2, 0) is 20.4 Å². The zero-order valence-corrected chi connectivity index (χ0v) is 31.9. The molecule has 0 aliphatic carbocycles. The van der Waals surface area contributed by atoms with Gasteiger partial charge in [-0.05, 0) is 94.0 Å². The Morgan fingerprint density at radius 1 is 0.745 bits per heavy atom. The number of aromatic amines is 2. The van der Waals surface area contributed by atoms with E-state index >= 15 is 0 Å². The lowest BCUT2D eigenvalue weighted by atomic mass is 9.83. The number of rotatable bonds is 7. The number of fused-ring (bicyclic) bond motifs is 1. The first-order valence-electron chi connectivity index (χ1n) is 19.1. The first-order valence-corrected chi connectivity index (χ1v) is 19.1. The topological polar surface area (TPSA) is 98.0 Å². The van der Waals surface area contributed by atoms with Gasteiger partial charge in [0.25, 0.3) is 0 Å². The number of imidazole rings is 2. The van der Waals surface area contributed by atoms with E-state index < -0.39 is 10.8 Å². The molecular formula is C47H46N6O2. The molecule has 2 fully saturated rings. The van der Waals surface area contributed by atoms with Crippen LogP contribution in [0.15, 0.2) is 121 Å². The maximum atomic E-state index is 14.0. The van der Waals surface area contributed by atoms with Crippen LogP contribution in [0, 0.1) is 11.8 Å². The fraction of sp³-hybridized carbons (Fsp3) is 0.277. The zero-order valence-electron chi connectivity index (χ0n) is 31.9. The molecule has 2 aromatic heterocycles. The SMILES string of the molecule is C=C1C[C@@H](c2nc3ccc(C#Cc4ccc(-c5cnc([C@@H]6CCCN6C(=O)C(C)(C)c6ccccc6)[nH]5)cc4)cc3[nH]2)N(C(=O)C(C)(C)c2ccccc2)C1. The number of benzene rings is 4. The van der Waals surface area contributed by atoms with Crippen LogP contribution in [0.5, 0.6) is 0 Å². The summed E-state index contributed by atoms with van der Waals surface area (Å²) in [5, 5.41) is 0. The lowest BCUT2D eigenvalue weighted by Crippen LogP contribution is -2.43. The molecule has 0 radical (unpaired) electrons. The number of carbonyl (C=O) groups excluding carboxylic acids is 2. The van der Waals surface area contributed by atoms with Gasteiger partial charge in [-0.25, -0.2) is 9.97 Å². The lowest BCUT2D eigenvalue weighted by Gasteiger charge is -2.33. The van der Waals surface area contributed by atoms with Crippen molar-refractivity contribution in [2.24, 2.45) is 0 Å². The average Bonchev–Trinajstić information content (AvgIpc) is 4.03. The number of aromatic nitrogens is 4. The highest BCUT2D eigenvalue weighted by Gasteiger charge is 2.42. The Morgan fingerprint density at radius 3 is 2.04 bits per heavy atom. The Bertz CT molecular complexity index is 2450. The molecule has 8 heteroatoms. The number of carbonyl (C=O) groups is 2. The summed E-state index contributed by atoms with van der Waals surface area (Å²) in [5.41, 5.74) is 7.09. The minimum atomic E-state index is -0.683. The van der Waals surface area contributed by atoms with Gasteiger partial charge in [0.15, 0.2) is 0 Å². The van der Waals surface area contributed by atoms with Crippen LogP contribution in [0.4, 0.5) is 0 Å². The summed E-state index contributed by atoms with van der Waals surface area (Å²) >= 11 is 0. The zero-order chi connectivity index (χ0) is 38.3. The number of hydrogen-bond acceptors (Lipinski definition) is 4. The standard InChI is InChI=1S/C47H46N6O2/c1-31-27-41(53(30-31)45(55)47(4,5)36-15-10-7-11-16-36)43-49-37-25-22-33(28-38(37)50-43)19-18-32-20-23-34(24-21-32)39-29-48-42(51-39)40-17-12-26-52(40)44(54)46(2,3)35-13-8-6-9-14-35/h6-11,13-16,20-25,28-29,40-41H,1,12,17,26-27,30H2,2-5H3,(H,48,51)(H,49,50)/t40-,41-/m0/s1. The van der Waals surface area contributed by atoms with E-state index in [9.17, 15) is 9.59 Å². The van der Waals surface area contributed by atoms with Gasteiger partial charge in [-0.2, -0.15) is 0 Å². The third kappa shape index (κ3) is 6.87. The largest absolute Gasteiger partial charge is 0.340 e. The molecule has 2 amide bonds. The third-order valence-corrected chi connectivity index (χ3v) is 11.4. The average molecular weight is 727 g/mol. The van der Waals surface area contributed by atoms with Crippen LogP contribution in [0.1, 0.15) is 92.9 Å². The maximum Gasteiger partial charge on any atom is 0.233 e. The molecule has 2 aliphatic rings. The van der Waals surface area contributed by atoms with E-state index in [0.29, 0.717) is 13.0 Å². The molecule has 0 bridgehead atoms. The Labute approximate surface area is 322 Å².